The van der Waals surface area contributed by atoms with Crippen molar-refractivity contribution in [3.8, 4) is 0 Å². The Morgan fingerprint density at radius 2 is 1.85 bits per heavy atom. The van der Waals surface area contributed by atoms with Gasteiger partial charge >= 0.3 is 0 Å². The summed E-state index contributed by atoms with van der Waals surface area (Å²) in [7, 11) is 2.11. The molecule has 0 spiro atoms. The fourth-order valence-corrected chi connectivity index (χ4v) is 2.42. The lowest BCUT2D eigenvalue weighted by molar-refractivity contribution is 0.241. The number of hydrogen-bond donors (Lipinski definition) is 1. The van der Waals surface area contributed by atoms with Crippen LogP contribution in [0.5, 0.6) is 0 Å². The Morgan fingerprint density at radius 3 is 2.40 bits per heavy atom. The van der Waals surface area contributed by atoms with E-state index < -0.39 is 0 Å². The van der Waals surface area contributed by atoms with Crippen LogP contribution in [0.3, 0.4) is 0 Å². The van der Waals surface area contributed by atoms with Gasteiger partial charge in [0.05, 0.1) is 0 Å². The average Bonchev–Trinajstić information content (AvgIpc) is 2.50. The molecule has 2 rings (SSSR count). The summed E-state index contributed by atoms with van der Waals surface area (Å²) in [5.41, 5.74) is 9.79. The highest BCUT2D eigenvalue weighted by atomic mass is 15.1. The van der Waals surface area contributed by atoms with Gasteiger partial charge in [-0.15, -0.1) is 0 Å². The highest BCUT2D eigenvalue weighted by Crippen LogP contribution is 2.19. The van der Waals surface area contributed by atoms with Gasteiger partial charge in [-0.3, -0.25) is 9.88 Å². The first kappa shape index (κ1) is 14.7. The van der Waals surface area contributed by atoms with E-state index in [4.69, 9.17) is 5.73 Å². The maximum atomic E-state index is 5.94. The van der Waals surface area contributed by atoms with E-state index in [1.165, 1.54) is 16.7 Å². The van der Waals surface area contributed by atoms with Gasteiger partial charge in [0.25, 0.3) is 0 Å². The molecule has 0 saturated heterocycles. The van der Waals surface area contributed by atoms with E-state index in [0.717, 1.165) is 13.0 Å². The molecule has 1 aromatic heterocycles. The van der Waals surface area contributed by atoms with Crippen molar-refractivity contribution in [2.24, 2.45) is 5.73 Å². The van der Waals surface area contributed by atoms with Crippen LogP contribution in [0, 0.1) is 0 Å². The minimum absolute atomic E-state index is 0.203. The first-order valence-electron chi connectivity index (χ1n) is 7.12. The van der Waals surface area contributed by atoms with E-state index >= 15 is 0 Å². The molecule has 106 valence electrons. The van der Waals surface area contributed by atoms with Gasteiger partial charge in [-0.1, -0.05) is 37.3 Å². The normalized spacial score (nSPS) is 12.6. The first-order chi connectivity index (χ1) is 9.74. The molecule has 0 radical (unpaired) electrons. The largest absolute Gasteiger partial charge is 0.329 e. The van der Waals surface area contributed by atoms with Crippen LogP contribution in [-0.2, 0) is 13.0 Å². The number of benzene rings is 1. The summed E-state index contributed by atoms with van der Waals surface area (Å²) >= 11 is 0. The van der Waals surface area contributed by atoms with E-state index in [9.17, 15) is 0 Å². The van der Waals surface area contributed by atoms with E-state index in [-0.39, 0.29) is 6.04 Å². The molecule has 3 heteroatoms. The molecule has 0 saturated carbocycles. The Kier molecular flexibility index (Phi) is 5.27. The van der Waals surface area contributed by atoms with E-state index in [1.807, 2.05) is 12.3 Å². The van der Waals surface area contributed by atoms with Crippen molar-refractivity contribution in [1.82, 2.24) is 9.88 Å². The van der Waals surface area contributed by atoms with Crippen molar-refractivity contribution in [2.75, 3.05) is 13.6 Å². The Bertz CT molecular complexity index is 508. The lowest BCUT2D eigenvalue weighted by atomic mass is 10.1. The summed E-state index contributed by atoms with van der Waals surface area (Å²) in [6.07, 6.45) is 4.77. The zero-order valence-corrected chi connectivity index (χ0v) is 12.3. The number of aromatic nitrogens is 1. The summed E-state index contributed by atoms with van der Waals surface area (Å²) in [4.78, 5) is 6.46. The average molecular weight is 269 g/mol. The monoisotopic (exact) mass is 269 g/mol. The molecule has 2 aromatic rings. The number of aryl methyl sites for hydroxylation is 1. The first-order valence-corrected chi connectivity index (χ1v) is 7.12. The van der Waals surface area contributed by atoms with Gasteiger partial charge in [-0.05, 0) is 36.2 Å². The molecule has 1 heterocycles. The zero-order chi connectivity index (χ0) is 14.4. The van der Waals surface area contributed by atoms with Crippen molar-refractivity contribution in [3.63, 3.8) is 0 Å². The molecule has 20 heavy (non-hydrogen) atoms. The quantitative estimate of drug-likeness (QED) is 0.877. The topological polar surface area (TPSA) is 42.1 Å². The smallest absolute Gasteiger partial charge is 0.0486 e. The molecule has 0 aliphatic rings. The van der Waals surface area contributed by atoms with Crippen LogP contribution in [0.25, 0.3) is 0 Å². The number of rotatable bonds is 6. The van der Waals surface area contributed by atoms with Crippen molar-refractivity contribution in [3.05, 3.63) is 65.5 Å². The molecule has 0 fully saturated rings. The predicted octanol–water partition coefficient (Wildman–Crippen LogP) is 2.78. The molecule has 0 bridgehead atoms. The standard InChI is InChI=1S/C17H23N3/c1-3-14-6-8-15(9-7-14)13-20(2)17(11-18)16-5-4-10-19-12-16/h4-10,12,17H,3,11,13,18H2,1-2H3. The molecule has 3 nitrogen and oxygen atoms in total. The summed E-state index contributed by atoms with van der Waals surface area (Å²) in [5.74, 6) is 0. The van der Waals surface area contributed by atoms with E-state index in [2.05, 4.69) is 54.2 Å². The fraction of sp³-hybridized carbons (Fsp3) is 0.353. The van der Waals surface area contributed by atoms with Crippen LogP contribution >= 0.6 is 0 Å². The molecule has 1 aromatic carbocycles. The molecule has 0 amide bonds. The molecule has 2 N–H and O–H groups in total. The third-order valence-electron chi connectivity index (χ3n) is 3.69. The lowest BCUT2D eigenvalue weighted by Gasteiger charge is -2.27. The summed E-state index contributed by atoms with van der Waals surface area (Å²) < 4.78 is 0. The maximum Gasteiger partial charge on any atom is 0.0486 e. The number of nitrogens with two attached hydrogens (primary N) is 1. The SMILES string of the molecule is CCc1ccc(CN(C)C(CN)c2cccnc2)cc1. The van der Waals surface area contributed by atoms with Crippen molar-refractivity contribution in [2.45, 2.75) is 25.9 Å². The minimum Gasteiger partial charge on any atom is -0.329 e. The summed E-state index contributed by atoms with van der Waals surface area (Å²) in [5, 5.41) is 0. The van der Waals surface area contributed by atoms with E-state index in [0.29, 0.717) is 6.54 Å². The third-order valence-corrected chi connectivity index (χ3v) is 3.69. The third kappa shape index (κ3) is 3.65. The predicted molar refractivity (Wildman–Crippen MR) is 83.3 cm³/mol. The van der Waals surface area contributed by atoms with Gasteiger partial charge in [0, 0.05) is 31.5 Å². The molecular formula is C17H23N3. The molecular weight excluding hydrogens is 246 g/mol. The summed E-state index contributed by atoms with van der Waals surface area (Å²) in [6, 6.07) is 13.0. The van der Waals surface area contributed by atoms with E-state index in [1.54, 1.807) is 6.20 Å². The maximum absolute atomic E-state index is 5.94. The van der Waals surface area contributed by atoms with Gasteiger partial charge in [-0.2, -0.15) is 0 Å². The second-order valence-electron chi connectivity index (χ2n) is 5.12. The second-order valence-corrected chi connectivity index (χ2v) is 5.12. The number of pyridine rings is 1. The van der Waals surface area contributed by atoms with Crippen molar-refractivity contribution >= 4 is 0 Å². The Balaban J connectivity index is 2.07. The van der Waals surface area contributed by atoms with Crippen molar-refractivity contribution in [1.29, 1.82) is 0 Å². The Labute approximate surface area is 121 Å². The van der Waals surface area contributed by atoms with Gasteiger partial charge in [0.15, 0.2) is 0 Å². The number of likely N-dealkylation sites (N-methyl/N-ethyl adjacent to an activating group) is 1. The van der Waals surface area contributed by atoms with Crippen LogP contribution in [0.1, 0.15) is 29.7 Å². The highest BCUT2D eigenvalue weighted by Gasteiger charge is 2.15. The summed E-state index contributed by atoms with van der Waals surface area (Å²) in [6.45, 7) is 3.66. The molecule has 1 unspecified atom stereocenters. The van der Waals surface area contributed by atoms with Gasteiger partial charge in [0.1, 0.15) is 0 Å². The Hall–Kier alpha value is -1.71. The minimum atomic E-state index is 0.203. The van der Waals surface area contributed by atoms with Crippen LogP contribution < -0.4 is 5.73 Å². The van der Waals surface area contributed by atoms with Gasteiger partial charge in [0.2, 0.25) is 0 Å². The van der Waals surface area contributed by atoms with Crippen LogP contribution in [0.2, 0.25) is 0 Å². The number of hydrogen-bond acceptors (Lipinski definition) is 3. The molecule has 0 aliphatic heterocycles. The van der Waals surface area contributed by atoms with Crippen molar-refractivity contribution < 1.29 is 0 Å². The number of nitrogens with zero attached hydrogens (tertiary/aromatic N) is 2. The van der Waals surface area contributed by atoms with Crippen LogP contribution in [-0.4, -0.2) is 23.5 Å². The second kappa shape index (κ2) is 7.17. The van der Waals surface area contributed by atoms with Gasteiger partial charge in [-0.25, -0.2) is 0 Å². The van der Waals surface area contributed by atoms with Crippen LogP contribution in [0.4, 0.5) is 0 Å². The van der Waals surface area contributed by atoms with Gasteiger partial charge < -0.3 is 5.73 Å². The Morgan fingerprint density at radius 1 is 1.15 bits per heavy atom. The highest BCUT2D eigenvalue weighted by molar-refractivity contribution is 5.23. The zero-order valence-electron chi connectivity index (χ0n) is 12.3. The molecule has 1 atom stereocenters. The lowest BCUT2D eigenvalue weighted by Crippen LogP contribution is -2.30. The fourth-order valence-electron chi connectivity index (χ4n) is 2.42. The molecule has 0 aliphatic carbocycles. The van der Waals surface area contributed by atoms with Crippen LogP contribution in [0.15, 0.2) is 48.8 Å².